The summed E-state index contributed by atoms with van der Waals surface area (Å²) in [6, 6.07) is 6.60. The average Bonchev–Trinajstić information content (AvgIpc) is 2.35. The molecule has 1 aliphatic rings. The van der Waals surface area contributed by atoms with E-state index in [1.165, 1.54) is 36.0 Å². The van der Waals surface area contributed by atoms with Gasteiger partial charge < -0.3 is 4.74 Å². The predicted octanol–water partition coefficient (Wildman–Crippen LogP) is 4.04. The lowest BCUT2D eigenvalue weighted by Crippen LogP contribution is -2.33. The van der Waals surface area contributed by atoms with Crippen molar-refractivity contribution in [3.8, 4) is 0 Å². The lowest BCUT2D eigenvalue weighted by molar-refractivity contribution is 0.0268. The van der Waals surface area contributed by atoms with Gasteiger partial charge in [-0.15, -0.1) is 0 Å². The number of rotatable bonds is 3. The van der Waals surface area contributed by atoms with E-state index in [-0.39, 0.29) is 0 Å². The van der Waals surface area contributed by atoms with E-state index in [9.17, 15) is 0 Å². The van der Waals surface area contributed by atoms with Crippen LogP contribution in [0.3, 0.4) is 0 Å². The fourth-order valence-electron chi connectivity index (χ4n) is 2.66. The molecule has 1 aliphatic heterocycles. The van der Waals surface area contributed by atoms with Crippen LogP contribution in [-0.2, 0) is 11.2 Å². The minimum absolute atomic E-state index is 0.398. The zero-order chi connectivity index (χ0) is 12.3. The molecule has 0 N–H and O–H groups in total. The first-order chi connectivity index (χ1) is 8.17. The molecule has 1 aromatic carbocycles. The van der Waals surface area contributed by atoms with Gasteiger partial charge >= 0.3 is 0 Å². The summed E-state index contributed by atoms with van der Waals surface area (Å²) in [7, 11) is 0. The topological polar surface area (TPSA) is 9.23 Å². The summed E-state index contributed by atoms with van der Waals surface area (Å²) in [6.07, 6.45) is 3.53. The normalized spacial score (nSPS) is 19.2. The third-order valence-electron chi connectivity index (χ3n) is 4.03. The highest BCUT2D eigenvalue weighted by Crippen LogP contribution is 2.37. The highest BCUT2D eigenvalue weighted by atomic mass is 79.9. The minimum atomic E-state index is 0.398. The van der Waals surface area contributed by atoms with Gasteiger partial charge in [-0.05, 0) is 55.2 Å². The van der Waals surface area contributed by atoms with Crippen molar-refractivity contribution in [1.82, 2.24) is 0 Å². The summed E-state index contributed by atoms with van der Waals surface area (Å²) in [4.78, 5) is 0. The molecule has 17 heavy (non-hydrogen) atoms. The van der Waals surface area contributed by atoms with Gasteiger partial charge in [0, 0.05) is 18.5 Å². The van der Waals surface area contributed by atoms with E-state index in [1.807, 2.05) is 0 Å². The zero-order valence-corrected chi connectivity index (χ0v) is 12.3. The molecule has 94 valence electrons. The van der Waals surface area contributed by atoms with Crippen molar-refractivity contribution in [1.29, 1.82) is 0 Å². The Balaban J connectivity index is 2.23. The maximum atomic E-state index is 5.50. The molecule has 0 spiro atoms. The first-order valence-electron chi connectivity index (χ1n) is 6.36. The molecular weight excluding hydrogens is 276 g/mol. The van der Waals surface area contributed by atoms with Gasteiger partial charge in [0.15, 0.2) is 0 Å². The van der Waals surface area contributed by atoms with Crippen molar-refractivity contribution >= 4 is 15.9 Å². The number of halogens is 1. The van der Waals surface area contributed by atoms with Crippen molar-refractivity contribution in [3.05, 3.63) is 34.9 Å². The molecule has 0 radical (unpaired) electrons. The molecule has 0 aliphatic carbocycles. The Bertz CT molecular complexity index is 360. The number of hydrogen-bond donors (Lipinski definition) is 0. The highest BCUT2D eigenvalue weighted by molar-refractivity contribution is 9.09. The minimum Gasteiger partial charge on any atom is -0.381 e. The summed E-state index contributed by atoms with van der Waals surface area (Å²) in [6.45, 7) is 6.28. The van der Waals surface area contributed by atoms with Crippen molar-refractivity contribution < 1.29 is 4.74 Å². The summed E-state index contributed by atoms with van der Waals surface area (Å²) in [5.74, 6) is 0. The Morgan fingerprint density at radius 1 is 1.18 bits per heavy atom. The lowest BCUT2D eigenvalue weighted by Gasteiger charge is -2.36. The smallest absolute Gasteiger partial charge is 0.0471 e. The van der Waals surface area contributed by atoms with Crippen LogP contribution in [0.2, 0.25) is 0 Å². The number of benzene rings is 1. The van der Waals surface area contributed by atoms with Crippen molar-refractivity contribution in [2.75, 3.05) is 18.5 Å². The van der Waals surface area contributed by atoms with Gasteiger partial charge in [0.2, 0.25) is 0 Å². The van der Waals surface area contributed by atoms with Gasteiger partial charge in [0.05, 0.1) is 0 Å². The zero-order valence-electron chi connectivity index (χ0n) is 10.8. The summed E-state index contributed by atoms with van der Waals surface area (Å²) < 4.78 is 5.50. The van der Waals surface area contributed by atoms with Gasteiger partial charge in [-0.3, -0.25) is 0 Å². The number of aryl methyl sites for hydroxylation is 2. The van der Waals surface area contributed by atoms with E-state index in [0.717, 1.165) is 18.5 Å². The maximum absolute atomic E-state index is 5.50. The van der Waals surface area contributed by atoms with Crippen LogP contribution in [-0.4, -0.2) is 18.5 Å². The Morgan fingerprint density at radius 3 is 2.29 bits per heavy atom. The third-order valence-corrected chi connectivity index (χ3v) is 5.22. The van der Waals surface area contributed by atoms with Gasteiger partial charge in [-0.25, -0.2) is 0 Å². The Morgan fingerprint density at radius 2 is 1.76 bits per heavy atom. The monoisotopic (exact) mass is 296 g/mol. The molecule has 1 heterocycles. The predicted molar refractivity (Wildman–Crippen MR) is 75.9 cm³/mol. The van der Waals surface area contributed by atoms with Crippen LogP contribution in [0.25, 0.3) is 0 Å². The quantitative estimate of drug-likeness (QED) is 0.765. The molecule has 0 bridgehead atoms. The fraction of sp³-hybridized carbons (Fsp3) is 0.600. The van der Waals surface area contributed by atoms with Crippen LogP contribution >= 0.6 is 15.9 Å². The molecule has 0 atom stereocenters. The second-order valence-electron chi connectivity index (χ2n) is 5.29. The van der Waals surface area contributed by atoms with Crippen molar-refractivity contribution in [2.24, 2.45) is 5.41 Å². The maximum Gasteiger partial charge on any atom is 0.0471 e. The van der Waals surface area contributed by atoms with E-state index in [4.69, 9.17) is 4.74 Å². The van der Waals surface area contributed by atoms with Gasteiger partial charge in [-0.1, -0.05) is 34.1 Å². The molecule has 2 rings (SSSR count). The average molecular weight is 297 g/mol. The number of hydrogen-bond acceptors (Lipinski definition) is 1. The SMILES string of the molecule is Cc1cccc(C)c1CC1(CBr)CCOCC1. The van der Waals surface area contributed by atoms with E-state index in [2.05, 4.69) is 48.0 Å². The summed E-state index contributed by atoms with van der Waals surface area (Å²) in [5.41, 5.74) is 4.79. The first-order valence-corrected chi connectivity index (χ1v) is 7.48. The van der Waals surface area contributed by atoms with Crippen LogP contribution in [0.1, 0.15) is 29.5 Å². The van der Waals surface area contributed by atoms with Crippen LogP contribution in [0, 0.1) is 19.3 Å². The third kappa shape index (κ3) is 2.92. The molecule has 1 fully saturated rings. The van der Waals surface area contributed by atoms with Crippen LogP contribution in [0.4, 0.5) is 0 Å². The number of ether oxygens (including phenoxy) is 1. The van der Waals surface area contributed by atoms with Crippen LogP contribution in [0.5, 0.6) is 0 Å². The fourth-order valence-corrected chi connectivity index (χ4v) is 3.42. The Labute approximate surface area is 113 Å². The summed E-state index contributed by atoms with van der Waals surface area (Å²) in [5, 5.41) is 1.08. The van der Waals surface area contributed by atoms with Crippen LogP contribution in [0.15, 0.2) is 18.2 Å². The molecule has 0 unspecified atom stereocenters. The van der Waals surface area contributed by atoms with E-state index in [1.54, 1.807) is 0 Å². The number of alkyl halides is 1. The van der Waals surface area contributed by atoms with E-state index < -0.39 is 0 Å². The first kappa shape index (κ1) is 13.1. The van der Waals surface area contributed by atoms with Gasteiger partial charge in [0.1, 0.15) is 0 Å². The molecule has 1 aromatic rings. The molecule has 2 heteroatoms. The molecule has 1 nitrogen and oxygen atoms in total. The second-order valence-corrected chi connectivity index (χ2v) is 5.85. The van der Waals surface area contributed by atoms with Crippen molar-refractivity contribution in [3.63, 3.8) is 0 Å². The standard InChI is InChI=1S/C15H21BrO/c1-12-4-3-5-13(2)14(12)10-15(11-16)6-8-17-9-7-15/h3-5H,6-11H2,1-2H3. The molecule has 0 amide bonds. The molecule has 0 aromatic heterocycles. The van der Waals surface area contributed by atoms with Gasteiger partial charge in [-0.2, -0.15) is 0 Å². The second kappa shape index (κ2) is 5.53. The summed E-state index contributed by atoms with van der Waals surface area (Å²) >= 11 is 3.72. The van der Waals surface area contributed by atoms with Crippen molar-refractivity contribution in [2.45, 2.75) is 33.1 Å². The van der Waals surface area contributed by atoms with Gasteiger partial charge in [0.25, 0.3) is 0 Å². The van der Waals surface area contributed by atoms with E-state index in [0.29, 0.717) is 5.41 Å². The highest BCUT2D eigenvalue weighted by Gasteiger charge is 2.32. The molecular formula is C15H21BrO. The molecule has 1 saturated heterocycles. The van der Waals surface area contributed by atoms with Crippen LogP contribution < -0.4 is 0 Å². The largest absolute Gasteiger partial charge is 0.381 e. The lowest BCUT2D eigenvalue weighted by atomic mass is 9.75. The molecule has 0 saturated carbocycles. The van der Waals surface area contributed by atoms with E-state index >= 15 is 0 Å². The Kier molecular flexibility index (Phi) is 4.26. The Hall–Kier alpha value is -0.340.